The van der Waals surface area contributed by atoms with Gasteiger partial charge in [0, 0.05) is 37.5 Å². The Morgan fingerprint density at radius 2 is 1.91 bits per heavy atom. The van der Waals surface area contributed by atoms with E-state index in [1.54, 1.807) is 36.4 Å². The maximum Gasteiger partial charge on any atom is 0.243 e. The maximum absolute atomic E-state index is 13.2. The lowest BCUT2D eigenvalue weighted by atomic mass is 9.97. The summed E-state index contributed by atoms with van der Waals surface area (Å²) in [5.74, 6) is 0.114. The monoisotopic (exact) mass is 472 g/mol. The zero-order valence-corrected chi connectivity index (χ0v) is 19.0. The molecule has 0 unspecified atom stereocenters. The molecule has 1 aliphatic rings. The number of nitrogens with zero attached hydrogens (tertiary/aromatic N) is 3. The zero-order valence-electron chi connectivity index (χ0n) is 18.2. The molecule has 0 radical (unpaired) electrons. The van der Waals surface area contributed by atoms with Crippen molar-refractivity contribution in [1.82, 2.24) is 19.8 Å². The van der Waals surface area contributed by atoms with Crippen molar-refractivity contribution in [3.8, 4) is 11.4 Å². The highest BCUT2D eigenvalue weighted by Crippen LogP contribution is 2.26. The third-order valence-corrected chi connectivity index (χ3v) is 7.60. The number of sulfonamides is 1. The Labute approximate surface area is 191 Å². The first-order valence-corrected chi connectivity index (χ1v) is 12.3. The molecule has 1 fully saturated rings. The molecule has 1 N–H and O–H groups in total. The molecule has 1 amide bonds. The van der Waals surface area contributed by atoms with Gasteiger partial charge in [0.1, 0.15) is 5.82 Å². The first-order valence-electron chi connectivity index (χ1n) is 10.8. The molecule has 0 saturated carbocycles. The number of hydrogen-bond acceptors (Lipinski definition) is 6. The predicted octanol–water partition coefficient (Wildman–Crippen LogP) is 3.16. The van der Waals surface area contributed by atoms with Gasteiger partial charge in [0.25, 0.3) is 0 Å². The molecule has 4 rings (SSSR count). The van der Waals surface area contributed by atoms with Crippen molar-refractivity contribution in [3.05, 3.63) is 65.8 Å². The summed E-state index contributed by atoms with van der Waals surface area (Å²) in [7, 11) is -3.72. The number of hydrogen-bond donors (Lipinski definition) is 1. The second-order valence-electron chi connectivity index (χ2n) is 7.92. The van der Waals surface area contributed by atoms with Gasteiger partial charge in [0.2, 0.25) is 27.6 Å². The van der Waals surface area contributed by atoms with Crippen LogP contribution in [0.15, 0.2) is 57.9 Å². The van der Waals surface area contributed by atoms with Gasteiger partial charge in [-0.1, -0.05) is 36.3 Å². The molecule has 0 spiro atoms. The SMILES string of the molecule is CCc1nc(-c2cccc(S(=O)(=O)N3CCC(C(=O)NCc4ccc(F)cc4)CC3)c2)no1. The standard InChI is InChI=1S/C23H25FN4O4S/c1-2-21-26-22(27-32-21)18-4-3-5-20(14-18)33(30,31)28-12-10-17(11-13-28)23(29)25-15-16-6-8-19(24)9-7-16/h3-9,14,17H,2,10-13,15H2,1H3,(H,25,29). The predicted molar refractivity (Wildman–Crippen MR) is 119 cm³/mol. The minimum atomic E-state index is -3.72. The molecule has 1 aliphatic heterocycles. The topological polar surface area (TPSA) is 105 Å². The lowest BCUT2D eigenvalue weighted by Crippen LogP contribution is -2.42. The number of benzene rings is 2. The number of carbonyl (C=O) groups excluding carboxylic acids is 1. The van der Waals surface area contributed by atoms with Crippen LogP contribution >= 0.6 is 0 Å². The molecule has 0 atom stereocenters. The minimum absolute atomic E-state index is 0.123. The zero-order chi connectivity index (χ0) is 23.4. The van der Waals surface area contributed by atoms with E-state index < -0.39 is 10.0 Å². The Hall–Kier alpha value is -3.11. The first-order chi connectivity index (χ1) is 15.9. The second kappa shape index (κ2) is 9.80. The summed E-state index contributed by atoms with van der Waals surface area (Å²) in [6.45, 7) is 2.71. The van der Waals surface area contributed by atoms with E-state index in [1.807, 2.05) is 6.92 Å². The van der Waals surface area contributed by atoms with Gasteiger partial charge >= 0.3 is 0 Å². The van der Waals surface area contributed by atoms with Crippen molar-refractivity contribution in [3.63, 3.8) is 0 Å². The Kier molecular flexibility index (Phi) is 6.85. The molecule has 1 saturated heterocycles. The molecule has 33 heavy (non-hydrogen) atoms. The first kappa shape index (κ1) is 23.1. The van der Waals surface area contributed by atoms with Crippen molar-refractivity contribution in [2.45, 2.75) is 37.6 Å². The quantitative estimate of drug-likeness (QED) is 0.566. The lowest BCUT2D eigenvalue weighted by Gasteiger charge is -2.30. The van der Waals surface area contributed by atoms with Crippen molar-refractivity contribution in [2.75, 3.05) is 13.1 Å². The number of piperidine rings is 1. The van der Waals surface area contributed by atoms with Crippen LogP contribution < -0.4 is 5.32 Å². The van der Waals surface area contributed by atoms with Crippen LogP contribution in [0.1, 0.15) is 31.2 Å². The normalized spacial score (nSPS) is 15.5. The van der Waals surface area contributed by atoms with Gasteiger partial charge in [0.05, 0.1) is 4.90 Å². The van der Waals surface area contributed by atoms with E-state index >= 15 is 0 Å². The van der Waals surface area contributed by atoms with Gasteiger partial charge < -0.3 is 9.84 Å². The number of carbonyl (C=O) groups is 1. The number of nitrogens with one attached hydrogen (secondary N) is 1. The Morgan fingerprint density at radius 3 is 2.58 bits per heavy atom. The second-order valence-corrected chi connectivity index (χ2v) is 9.85. The molecule has 2 heterocycles. The third kappa shape index (κ3) is 5.28. The average molecular weight is 473 g/mol. The highest BCUT2D eigenvalue weighted by atomic mass is 32.2. The molecule has 10 heteroatoms. The van der Waals surface area contributed by atoms with Crippen LogP contribution in [-0.2, 0) is 27.8 Å². The minimum Gasteiger partial charge on any atom is -0.352 e. The smallest absolute Gasteiger partial charge is 0.243 e. The number of aryl methyl sites for hydroxylation is 1. The van der Waals surface area contributed by atoms with Crippen LogP contribution in [0.25, 0.3) is 11.4 Å². The van der Waals surface area contributed by atoms with Gasteiger partial charge in [-0.3, -0.25) is 4.79 Å². The van der Waals surface area contributed by atoms with Gasteiger partial charge in [-0.25, -0.2) is 12.8 Å². The van der Waals surface area contributed by atoms with E-state index in [0.29, 0.717) is 43.1 Å². The third-order valence-electron chi connectivity index (χ3n) is 5.71. The van der Waals surface area contributed by atoms with Crippen molar-refractivity contribution < 1.29 is 22.1 Å². The Balaban J connectivity index is 1.37. The van der Waals surface area contributed by atoms with Crippen molar-refractivity contribution in [1.29, 1.82) is 0 Å². The molecule has 1 aromatic heterocycles. The molecule has 2 aromatic carbocycles. The molecular weight excluding hydrogens is 447 g/mol. The number of halogens is 1. The summed E-state index contributed by atoms with van der Waals surface area (Å²) >= 11 is 0. The maximum atomic E-state index is 13.2. The van der Waals surface area contributed by atoms with Crippen LogP contribution in [0.4, 0.5) is 4.39 Å². The highest BCUT2D eigenvalue weighted by molar-refractivity contribution is 7.89. The van der Waals surface area contributed by atoms with E-state index in [9.17, 15) is 17.6 Å². The molecular formula is C23H25FN4O4S. The Bertz CT molecular complexity index is 1220. The largest absolute Gasteiger partial charge is 0.352 e. The summed E-state index contributed by atoms with van der Waals surface area (Å²) in [6, 6.07) is 12.4. The van der Waals surface area contributed by atoms with Crippen LogP contribution in [0.5, 0.6) is 0 Å². The van der Waals surface area contributed by atoms with Gasteiger partial charge in [-0.05, 0) is 42.7 Å². The number of rotatable bonds is 7. The molecule has 174 valence electrons. The van der Waals surface area contributed by atoms with Crippen molar-refractivity contribution >= 4 is 15.9 Å². The summed E-state index contributed by atoms with van der Waals surface area (Å²) in [6.07, 6.45) is 1.45. The van der Waals surface area contributed by atoms with Crippen LogP contribution in [-0.4, -0.2) is 41.9 Å². The van der Waals surface area contributed by atoms with E-state index in [4.69, 9.17) is 4.52 Å². The average Bonchev–Trinajstić information content (AvgIpc) is 3.33. The van der Waals surface area contributed by atoms with Gasteiger partial charge in [-0.2, -0.15) is 9.29 Å². The van der Waals surface area contributed by atoms with E-state index in [2.05, 4.69) is 15.5 Å². The molecule has 0 aliphatic carbocycles. The van der Waals surface area contributed by atoms with E-state index in [1.165, 1.54) is 16.4 Å². The van der Waals surface area contributed by atoms with Crippen LogP contribution in [0, 0.1) is 11.7 Å². The fraction of sp³-hybridized carbons (Fsp3) is 0.348. The van der Waals surface area contributed by atoms with Crippen molar-refractivity contribution in [2.24, 2.45) is 5.92 Å². The summed E-state index contributed by atoms with van der Waals surface area (Å²) in [5, 5.41) is 6.76. The van der Waals surface area contributed by atoms with Gasteiger partial charge in [0.15, 0.2) is 0 Å². The lowest BCUT2D eigenvalue weighted by molar-refractivity contribution is -0.126. The summed E-state index contributed by atoms with van der Waals surface area (Å²) in [4.78, 5) is 16.9. The molecule has 3 aromatic rings. The number of aromatic nitrogens is 2. The number of amides is 1. The molecule has 8 nitrogen and oxygen atoms in total. The van der Waals surface area contributed by atoms with Crippen LogP contribution in [0.3, 0.4) is 0 Å². The van der Waals surface area contributed by atoms with E-state index in [-0.39, 0.29) is 35.6 Å². The highest BCUT2D eigenvalue weighted by Gasteiger charge is 2.32. The molecule has 0 bridgehead atoms. The van der Waals surface area contributed by atoms with E-state index in [0.717, 1.165) is 5.56 Å². The van der Waals surface area contributed by atoms with Gasteiger partial charge in [-0.15, -0.1) is 0 Å². The Morgan fingerprint density at radius 1 is 1.18 bits per heavy atom. The summed E-state index contributed by atoms with van der Waals surface area (Å²) in [5.41, 5.74) is 1.37. The fourth-order valence-corrected chi connectivity index (χ4v) is 5.27. The fourth-order valence-electron chi connectivity index (χ4n) is 3.75. The summed E-state index contributed by atoms with van der Waals surface area (Å²) < 4.78 is 45.9. The van der Waals surface area contributed by atoms with Crippen LogP contribution in [0.2, 0.25) is 0 Å².